The van der Waals surface area contributed by atoms with Crippen LogP contribution in [0.5, 0.6) is 11.8 Å². The first kappa shape index (κ1) is 21.8. The van der Waals surface area contributed by atoms with Gasteiger partial charge in [0.05, 0.1) is 13.2 Å². The minimum Gasteiger partial charge on any atom is -0.494 e. The molecule has 8 heteroatoms. The monoisotopic (exact) mass is 397 g/mol. The predicted octanol–water partition coefficient (Wildman–Crippen LogP) is 5.48. The van der Waals surface area contributed by atoms with Crippen molar-refractivity contribution < 1.29 is 22.6 Å². The van der Waals surface area contributed by atoms with Gasteiger partial charge in [0.25, 0.3) is 0 Å². The second-order valence-corrected chi connectivity index (χ2v) is 6.85. The molecule has 0 aliphatic heterocycles. The maximum Gasteiger partial charge on any atom is 0.421 e. The first-order valence-corrected chi connectivity index (χ1v) is 9.26. The number of aromatic nitrogens is 2. The summed E-state index contributed by atoms with van der Waals surface area (Å²) in [6.45, 7) is 6.85. The summed E-state index contributed by atoms with van der Waals surface area (Å²) in [6, 6.07) is 6.76. The molecule has 0 aliphatic rings. The highest BCUT2D eigenvalue weighted by molar-refractivity contribution is 5.63. The summed E-state index contributed by atoms with van der Waals surface area (Å²) >= 11 is 0. The number of hydrogen-bond acceptors (Lipinski definition) is 5. The van der Waals surface area contributed by atoms with Gasteiger partial charge in [-0.2, -0.15) is 18.2 Å². The topological polar surface area (TPSA) is 47.5 Å². The molecular weight excluding hydrogens is 371 g/mol. The van der Waals surface area contributed by atoms with Crippen LogP contribution in [0.4, 0.5) is 24.7 Å². The highest BCUT2D eigenvalue weighted by atomic mass is 19.4. The SMILES string of the molecule is CCCCOc1ccc(N(C)c2nc(OCC(C)C)ncc2C(F)(F)F)cc1. The molecule has 0 fully saturated rings. The van der Waals surface area contributed by atoms with Gasteiger partial charge in [0.1, 0.15) is 11.3 Å². The molecule has 2 rings (SSSR count). The molecule has 0 unspecified atom stereocenters. The maximum absolute atomic E-state index is 13.4. The van der Waals surface area contributed by atoms with Gasteiger partial charge >= 0.3 is 12.2 Å². The number of unbranched alkanes of at least 4 members (excludes halogenated alkanes) is 1. The number of hydrogen-bond donors (Lipinski definition) is 0. The second-order valence-electron chi connectivity index (χ2n) is 6.85. The lowest BCUT2D eigenvalue weighted by Gasteiger charge is -2.23. The lowest BCUT2D eigenvalue weighted by Crippen LogP contribution is -2.20. The molecule has 1 heterocycles. The Balaban J connectivity index is 2.28. The number of rotatable bonds is 9. The van der Waals surface area contributed by atoms with Gasteiger partial charge in [0.2, 0.25) is 0 Å². The Morgan fingerprint density at radius 2 is 1.79 bits per heavy atom. The summed E-state index contributed by atoms with van der Waals surface area (Å²) in [6.07, 6.45) is -1.85. The molecule has 5 nitrogen and oxygen atoms in total. The van der Waals surface area contributed by atoms with Crippen molar-refractivity contribution in [3.05, 3.63) is 36.0 Å². The fourth-order valence-electron chi connectivity index (χ4n) is 2.35. The van der Waals surface area contributed by atoms with Gasteiger partial charge in [-0.3, -0.25) is 0 Å². The van der Waals surface area contributed by atoms with E-state index in [1.54, 1.807) is 24.3 Å². The van der Waals surface area contributed by atoms with Crippen molar-refractivity contribution in [1.82, 2.24) is 9.97 Å². The van der Waals surface area contributed by atoms with Gasteiger partial charge in [0, 0.05) is 18.9 Å². The molecular formula is C20H26F3N3O2. The van der Waals surface area contributed by atoms with E-state index in [9.17, 15) is 13.2 Å². The lowest BCUT2D eigenvalue weighted by molar-refractivity contribution is -0.137. The molecule has 154 valence electrons. The first-order valence-electron chi connectivity index (χ1n) is 9.26. The summed E-state index contributed by atoms with van der Waals surface area (Å²) < 4.78 is 51.3. The quantitative estimate of drug-likeness (QED) is 0.525. The summed E-state index contributed by atoms with van der Waals surface area (Å²) in [7, 11) is 1.52. The predicted molar refractivity (Wildman–Crippen MR) is 102 cm³/mol. The summed E-state index contributed by atoms with van der Waals surface area (Å²) in [5, 5.41) is 0. The van der Waals surface area contributed by atoms with E-state index in [0.29, 0.717) is 24.7 Å². The van der Waals surface area contributed by atoms with Crippen molar-refractivity contribution >= 4 is 11.5 Å². The van der Waals surface area contributed by atoms with Crippen molar-refractivity contribution in [2.75, 3.05) is 25.2 Å². The minimum atomic E-state index is -4.58. The van der Waals surface area contributed by atoms with Gasteiger partial charge in [-0.05, 0) is 36.6 Å². The average Bonchev–Trinajstić information content (AvgIpc) is 2.65. The van der Waals surface area contributed by atoms with Crippen molar-refractivity contribution in [2.45, 2.75) is 39.8 Å². The van der Waals surface area contributed by atoms with Gasteiger partial charge in [-0.15, -0.1) is 0 Å². The molecule has 0 aliphatic carbocycles. The Morgan fingerprint density at radius 3 is 2.36 bits per heavy atom. The van der Waals surface area contributed by atoms with E-state index in [-0.39, 0.29) is 17.7 Å². The third-order valence-corrected chi connectivity index (χ3v) is 3.91. The summed E-state index contributed by atoms with van der Waals surface area (Å²) in [5.41, 5.74) is -0.378. The van der Waals surface area contributed by atoms with Crippen LogP contribution < -0.4 is 14.4 Å². The van der Waals surface area contributed by atoms with Crippen LogP contribution in [0.3, 0.4) is 0 Å². The van der Waals surface area contributed by atoms with E-state index >= 15 is 0 Å². The number of benzene rings is 1. The van der Waals surface area contributed by atoms with Crippen LogP contribution in [0, 0.1) is 5.92 Å². The zero-order chi connectivity index (χ0) is 20.7. The van der Waals surface area contributed by atoms with Gasteiger partial charge < -0.3 is 14.4 Å². The van der Waals surface area contributed by atoms with E-state index in [1.807, 2.05) is 13.8 Å². The van der Waals surface area contributed by atoms with Crippen molar-refractivity contribution in [3.63, 3.8) is 0 Å². The largest absolute Gasteiger partial charge is 0.494 e. The third-order valence-electron chi connectivity index (χ3n) is 3.91. The van der Waals surface area contributed by atoms with Crippen LogP contribution in [0.1, 0.15) is 39.2 Å². The summed E-state index contributed by atoms with van der Waals surface area (Å²) in [5.74, 6) is 0.610. The number of halogens is 3. The zero-order valence-electron chi connectivity index (χ0n) is 16.6. The molecule has 1 aromatic carbocycles. The highest BCUT2D eigenvalue weighted by Gasteiger charge is 2.36. The first-order chi connectivity index (χ1) is 13.2. The van der Waals surface area contributed by atoms with Crippen LogP contribution in [0.25, 0.3) is 0 Å². The lowest BCUT2D eigenvalue weighted by atomic mass is 10.2. The number of nitrogens with zero attached hydrogens (tertiary/aromatic N) is 3. The Hall–Kier alpha value is -2.51. The average molecular weight is 397 g/mol. The van der Waals surface area contributed by atoms with Crippen LogP contribution in [0.2, 0.25) is 0 Å². The van der Waals surface area contributed by atoms with E-state index in [4.69, 9.17) is 9.47 Å². The molecule has 28 heavy (non-hydrogen) atoms. The van der Waals surface area contributed by atoms with Crippen LogP contribution in [0.15, 0.2) is 30.5 Å². The van der Waals surface area contributed by atoms with E-state index in [1.165, 1.54) is 11.9 Å². The maximum atomic E-state index is 13.4. The molecule has 0 saturated heterocycles. The molecule has 1 aromatic heterocycles. The summed E-state index contributed by atoms with van der Waals surface area (Å²) in [4.78, 5) is 9.09. The van der Waals surface area contributed by atoms with Crippen molar-refractivity contribution in [2.24, 2.45) is 5.92 Å². The normalized spacial score (nSPS) is 11.6. The smallest absolute Gasteiger partial charge is 0.421 e. The third kappa shape index (κ3) is 6.00. The molecule has 0 amide bonds. The Kier molecular flexibility index (Phi) is 7.48. The van der Waals surface area contributed by atoms with E-state index in [2.05, 4.69) is 16.9 Å². The Morgan fingerprint density at radius 1 is 1.11 bits per heavy atom. The molecule has 0 N–H and O–H groups in total. The Bertz CT molecular complexity index is 749. The molecule has 0 spiro atoms. The zero-order valence-corrected chi connectivity index (χ0v) is 16.6. The molecule has 0 bridgehead atoms. The van der Waals surface area contributed by atoms with Crippen LogP contribution in [-0.2, 0) is 6.18 Å². The van der Waals surface area contributed by atoms with Crippen molar-refractivity contribution in [3.8, 4) is 11.8 Å². The van der Waals surface area contributed by atoms with Gasteiger partial charge in [0.15, 0.2) is 5.82 Å². The van der Waals surface area contributed by atoms with E-state index < -0.39 is 11.7 Å². The number of ether oxygens (including phenoxy) is 2. The van der Waals surface area contributed by atoms with E-state index in [0.717, 1.165) is 19.0 Å². The molecule has 0 radical (unpaired) electrons. The fraction of sp³-hybridized carbons (Fsp3) is 0.500. The van der Waals surface area contributed by atoms with Crippen LogP contribution in [-0.4, -0.2) is 30.2 Å². The fourth-order valence-corrected chi connectivity index (χ4v) is 2.35. The Labute approximate surface area is 163 Å². The van der Waals surface area contributed by atoms with Crippen molar-refractivity contribution in [1.29, 1.82) is 0 Å². The minimum absolute atomic E-state index is 0.0805. The second kappa shape index (κ2) is 9.61. The highest BCUT2D eigenvalue weighted by Crippen LogP contribution is 2.38. The van der Waals surface area contributed by atoms with Gasteiger partial charge in [-0.25, -0.2) is 4.98 Å². The number of anilines is 2. The molecule has 0 atom stereocenters. The standard InChI is InChI=1S/C20H26F3N3O2/c1-5-6-11-27-16-9-7-15(8-10-16)26(4)18-17(20(21,22)23)12-24-19(25-18)28-13-14(2)3/h7-10,12,14H,5-6,11,13H2,1-4H3. The molecule has 0 saturated carbocycles. The molecule has 2 aromatic rings. The van der Waals surface area contributed by atoms with Crippen LogP contribution >= 0.6 is 0 Å². The number of alkyl halides is 3. The van der Waals surface area contributed by atoms with Gasteiger partial charge in [-0.1, -0.05) is 27.2 Å².